The molecule has 0 atom stereocenters. The quantitative estimate of drug-likeness (QED) is 0.371. The van der Waals surface area contributed by atoms with Crippen molar-refractivity contribution in [2.45, 2.75) is 23.6 Å². The maximum absolute atomic E-state index is 13.4. The molecule has 10 heteroatoms. The number of H-pyrrole nitrogens is 1. The lowest BCUT2D eigenvalue weighted by Crippen LogP contribution is -2.35. The number of imidazole rings is 1. The van der Waals surface area contributed by atoms with Gasteiger partial charge in [-0.1, -0.05) is 42.1 Å². The Morgan fingerprint density at radius 2 is 1.97 bits per heavy atom. The number of hydrogen-bond donors (Lipinski definition) is 1. The van der Waals surface area contributed by atoms with Crippen molar-refractivity contribution in [3.63, 3.8) is 0 Å². The summed E-state index contributed by atoms with van der Waals surface area (Å²) in [4.78, 5) is 12.1. The van der Waals surface area contributed by atoms with E-state index in [0.717, 1.165) is 11.3 Å². The van der Waals surface area contributed by atoms with E-state index < -0.39 is 12.7 Å². The second kappa shape index (κ2) is 8.78. The highest BCUT2D eigenvalue weighted by atomic mass is 32.2. The summed E-state index contributed by atoms with van der Waals surface area (Å²) in [5.74, 6) is 1.88. The average molecular weight is 471 g/mol. The van der Waals surface area contributed by atoms with Gasteiger partial charge in [0.25, 0.3) is 0 Å². The van der Waals surface area contributed by atoms with Crippen molar-refractivity contribution in [1.82, 2.24) is 15.0 Å². The smallest absolute Gasteiger partial charge is 0.433 e. The Balaban J connectivity index is 1.27. The van der Waals surface area contributed by atoms with E-state index in [2.05, 4.69) is 15.0 Å². The Hall–Kier alpha value is -3.53. The van der Waals surface area contributed by atoms with Crippen LogP contribution in [0.4, 0.5) is 8.78 Å². The van der Waals surface area contributed by atoms with Crippen LogP contribution in [-0.2, 0) is 12.4 Å². The van der Waals surface area contributed by atoms with E-state index in [-0.39, 0.29) is 11.5 Å². The molecule has 2 aromatic heterocycles. The summed E-state index contributed by atoms with van der Waals surface area (Å²) in [6.07, 6.45) is -1.71. The summed E-state index contributed by atoms with van der Waals surface area (Å²) in [6, 6.07) is 14.7. The van der Waals surface area contributed by atoms with Crippen LogP contribution in [0.3, 0.4) is 0 Å². The molecule has 0 fully saturated rings. The minimum atomic E-state index is -3.35. The van der Waals surface area contributed by atoms with E-state index in [1.165, 1.54) is 17.8 Å². The van der Waals surface area contributed by atoms with Crippen molar-refractivity contribution in [3.8, 4) is 23.0 Å². The molecule has 0 amide bonds. The normalized spacial score (nSPS) is 14.3. The minimum absolute atomic E-state index is 0.0284. The number of rotatable bonds is 7. The standard InChI is InChI=1S/C23H19F2N3O4S/c1-29-18-7-15(26-10-21(18)30-11-14-5-3-2-4-6-14)12-33-22-27-16-8-19-20(9-17(16)28-22)32-23(24,25)13-31-19/h2-10H,11-13H2,1H3,(H,27,28). The zero-order chi connectivity index (χ0) is 22.8. The number of nitrogens with one attached hydrogen (secondary N) is 1. The van der Waals surface area contributed by atoms with Gasteiger partial charge in [-0.25, -0.2) is 4.98 Å². The van der Waals surface area contributed by atoms with E-state index in [0.29, 0.717) is 40.0 Å². The third-order valence-electron chi connectivity index (χ3n) is 4.88. The number of nitrogens with zero attached hydrogens (tertiary/aromatic N) is 2. The number of alkyl halides is 2. The van der Waals surface area contributed by atoms with Crippen molar-refractivity contribution in [2.24, 2.45) is 0 Å². The van der Waals surface area contributed by atoms with Crippen LogP contribution in [0.5, 0.6) is 23.0 Å². The second-order valence-corrected chi connectivity index (χ2v) is 8.24. The van der Waals surface area contributed by atoms with Gasteiger partial charge in [0.2, 0.25) is 0 Å². The summed E-state index contributed by atoms with van der Waals surface area (Å²) < 4.78 is 47.9. The minimum Gasteiger partial charge on any atom is -0.493 e. The number of ether oxygens (including phenoxy) is 4. The van der Waals surface area contributed by atoms with Crippen molar-refractivity contribution >= 4 is 22.8 Å². The van der Waals surface area contributed by atoms with Crippen LogP contribution in [0, 0.1) is 0 Å². The molecule has 33 heavy (non-hydrogen) atoms. The van der Waals surface area contributed by atoms with Gasteiger partial charge in [0.1, 0.15) is 6.61 Å². The topological polar surface area (TPSA) is 78.5 Å². The van der Waals surface area contributed by atoms with E-state index in [4.69, 9.17) is 18.9 Å². The zero-order valence-electron chi connectivity index (χ0n) is 17.5. The highest BCUT2D eigenvalue weighted by Crippen LogP contribution is 2.39. The molecule has 1 aliphatic rings. The highest BCUT2D eigenvalue weighted by Gasteiger charge is 2.38. The van der Waals surface area contributed by atoms with Gasteiger partial charge < -0.3 is 23.9 Å². The lowest BCUT2D eigenvalue weighted by atomic mass is 10.2. The molecular weight excluding hydrogens is 452 g/mol. The Bertz CT molecular complexity index is 1280. The van der Waals surface area contributed by atoms with Crippen LogP contribution in [-0.4, -0.2) is 34.8 Å². The first kappa shape index (κ1) is 21.3. The number of benzene rings is 2. The molecule has 170 valence electrons. The third kappa shape index (κ3) is 4.80. The highest BCUT2D eigenvalue weighted by molar-refractivity contribution is 7.98. The summed E-state index contributed by atoms with van der Waals surface area (Å²) in [6.45, 7) is -0.408. The van der Waals surface area contributed by atoms with Gasteiger partial charge in [-0.2, -0.15) is 8.78 Å². The fourth-order valence-electron chi connectivity index (χ4n) is 3.30. The first-order chi connectivity index (χ1) is 16.0. The number of thioether (sulfide) groups is 1. The van der Waals surface area contributed by atoms with E-state index in [1.54, 1.807) is 19.4 Å². The van der Waals surface area contributed by atoms with Gasteiger partial charge in [-0.05, 0) is 5.56 Å². The number of fused-ring (bicyclic) bond motifs is 2. The molecule has 0 saturated carbocycles. The molecule has 0 radical (unpaired) electrons. The molecule has 0 aliphatic carbocycles. The van der Waals surface area contributed by atoms with Crippen LogP contribution >= 0.6 is 11.8 Å². The monoisotopic (exact) mass is 471 g/mol. The number of halogens is 2. The van der Waals surface area contributed by atoms with E-state index in [1.807, 2.05) is 36.4 Å². The number of aromatic amines is 1. The number of methoxy groups -OCH3 is 1. The van der Waals surface area contributed by atoms with Crippen molar-refractivity contribution in [2.75, 3.05) is 13.7 Å². The van der Waals surface area contributed by atoms with E-state index in [9.17, 15) is 8.78 Å². The summed E-state index contributed by atoms with van der Waals surface area (Å²) in [5.41, 5.74) is 2.99. The van der Waals surface area contributed by atoms with Gasteiger partial charge >= 0.3 is 6.11 Å². The molecule has 1 aliphatic heterocycles. The predicted octanol–water partition coefficient (Wildman–Crippen LogP) is 5.20. The Morgan fingerprint density at radius 3 is 2.79 bits per heavy atom. The van der Waals surface area contributed by atoms with Gasteiger partial charge in [-0.3, -0.25) is 4.98 Å². The Labute approximate surface area is 192 Å². The van der Waals surface area contributed by atoms with E-state index >= 15 is 0 Å². The number of aromatic nitrogens is 3. The molecule has 4 aromatic rings. The first-order valence-electron chi connectivity index (χ1n) is 10.0. The number of hydrogen-bond acceptors (Lipinski definition) is 7. The van der Waals surface area contributed by atoms with Crippen molar-refractivity contribution in [1.29, 1.82) is 0 Å². The fourth-order valence-corrected chi connectivity index (χ4v) is 4.08. The largest absolute Gasteiger partial charge is 0.493 e. The lowest BCUT2D eigenvalue weighted by molar-refractivity contribution is -0.208. The summed E-state index contributed by atoms with van der Waals surface area (Å²) in [7, 11) is 1.58. The molecule has 1 N–H and O–H groups in total. The van der Waals surface area contributed by atoms with Gasteiger partial charge in [0, 0.05) is 24.0 Å². The number of pyridine rings is 1. The Morgan fingerprint density at radius 1 is 1.12 bits per heavy atom. The van der Waals surface area contributed by atoms with Crippen LogP contribution in [0.1, 0.15) is 11.3 Å². The molecule has 0 bridgehead atoms. The first-order valence-corrected chi connectivity index (χ1v) is 11.0. The van der Waals surface area contributed by atoms with Gasteiger partial charge in [0.05, 0.1) is 30.0 Å². The van der Waals surface area contributed by atoms with Gasteiger partial charge in [0.15, 0.2) is 34.8 Å². The molecule has 3 heterocycles. The zero-order valence-corrected chi connectivity index (χ0v) is 18.3. The molecule has 7 nitrogen and oxygen atoms in total. The maximum Gasteiger partial charge on any atom is 0.433 e. The predicted molar refractivity (Wildman–Crippen MR) is 118 cm³/mol. The maximum atomic E-state index is 13.4. The molecule has 0 unspecified atom stereocenters. The molecular formula is C23H19F2N3O4S. The van der Waals surface area contributed by atoms with Crippen LogP contribution in [0.15, 0.2) is 59.9 Å². The van der Waals surface area contributed by atoms with Gasteiger partial charge in [-0.15, -0.1) is 0 Å². The fraction of sp³-hybridized carbons (Fsp3) is 0.217. The van der Waals surface area contributed by atoms with Crippen LogP contribution in [0.25, 0.3) is 11.0 Å². The SMILES string of the molecule is COc1cc(CSc2nc3cc4c(cc3[nH]2)OCC(F)(F)O4)ncc1OCc1ccccc1. The summed E-state index contributed by atoms with van der Waals surface area (Å²) >= 11 is 1.42. The molecule has 5 rings (SSSR count). The molecule has 0 saturated heterocycles. The van der Waals surface area contributed by atoms with Crippen molar-refractivity contribution < 1.29 is 27.7 Å². The van der Waals surface area contributed by atoms with Crippen LogP contribution < -0.4 is 18.9 Å². The molecule has 2 aromatic carbocycles. The third-order valence-corrected chi connectivity index (χ3v) is 5.79. The van der Waals surface area contributed by atoms with Crippen LogP contribution in [0.2, 0.25) is 0 Å². The lowest BCUT2D eigenvalue weighted by Gasteiger charge is -2.25. The summed E-state index contributed by atoms with van der Waals surface area (Å²) in [5, 5.41) is 0.615. The molecule has 0 spiro atoms. The van der Waals surface area contributed by atoms with Crippen molar-refractivity contribution in [3.05, 3.63) is 66.0 Å². The Kier molecular flexibility index (Phi) is 5.67. The second-order valence-electron chi connectivity index (χ2n) is 7.28. The average Bonchev–Trinajstić information content (AvgIpc) is 3.22.